The number of nitrogens with two attached hydrogens (primary N) is 1. The van der Waals surface area contributed by atoms with Crippen LogP contribution in [-0.2, 0) is 4.84 Å². The fourth-order valence-electron chi connectivity index (χ4n) is 0. The van der Waals surface area contributed by atoms with Gasteiger partial charge < -0.3 is 4.84 Å². The zero-order chi connectivity index (χ0) is 3.41. The molecule has 0 saturated heterocycles. The summed E-state index contributed by atoms with van der Waals surface area (Å²) in [5.41, 5.74) is 0. The molecule has 0 unspecified atom stereocenters. The van der Waals surface area contributed by atoms with Gasteiger partial charge in [0.25, 0.3) is 0 Å². The van der Waals surface area contributed by atoms with Crippen molar-refractivity contribution < 1.29 is 4.84 Å². The lowest BCUT2D eigenvalue weighted by Gasteiger charge is -1.70. The normalized spacial score (nSPS) is 5.25. The third-order valence-corrected chi connectivity index (χ3v) is 0.0833. The zero-order valence-electron chi connectivity index (χ0n) is 2.19. The molecule has 0 aromatic rings. The van der Waals surface area contributed by atoms with Gasteiger partial charge in [0.15, 0.2) is 6.26 Å². The topological polar surface area (TPSA) is 35.2 Å². The second kappa shape index (κ2) is 2.50. The molecule has 2 heteroatoms. The van der Waals surface area contributed by atoms with Crippen LogP contribution in [0, 0.1) is 6.26 Å². The highest BCUT2D eigenvalue weighted by molar-refractivity contribution is 4.27. The van der Waals surface area contributed by atoms with Crippen LogP contribution >= 0.6 is 0 Å². The van der Waals surface area contributed by atoms with E-state index in [1.54, 1.807) is 0 Å². The molecule has 4 heavy (non-hydrogen) atoms. The third-order valence-electron chi connectivity index (χ3n) is 0.0833. The van der Waals surface area contributed by atoms with E-state index in [9.17, 15) is 0 Å². The fraction of sp³-hybridized carbons (Fsp3) is 0. The minimum atomic E-state index is 1.96. The van der Waals surface area contributed by atoms with Crippen LogP contribution in [0.25, 0.3) is 0 Å². The van der Waals surface area contributed by atoms with Crippen LogP contribution in [0.4, 0.5) is 0 Å². The van der Waals surface area contributed by atoms with Crippen molar-refractivity contribution in [2.75, 3.05) is 0 Å². The molecule has 23 valence electrons. The lowest BCUT2D eigenvalue weighted by molar-refractivity contribution is 0.240. The lowest BCUT2D eigenvalue weighted by Crippen LogP contribution is -1.86. The van der Waals surface area contributed by atoms with Gasteiger partial charge in [-0.05, 0) is 0 Å². The second-order valence-corrected chi connectivity index (χ2v) is 0.262. The maximum atomic E-state index is 4.35. The first kappa shape index (κ1) is 3.50. The van der Waals surface area contributed by atoms with Gasteiger partial charge in [-0.2, -0.15) is 5.90 Å². The molecular weight excluding hydrogens is 54.0 g/mol. The Morgan fingerprint density at radius 2 is 2.25 bits per heavy atom. The van der Waals surface area contributed by atoms with Gasteiger partial charge in [0.05, 0.1) is 0 Å². The van der Waals surface area contributed by atoms with Crippen molar-refractivity contribution in [3.8, 4) is 0 Å². The van der Waals surface area contributed by atoms with Gasteiger partial charge >= 0.3 is 0 Å². The molecule has 0 fully saturated rings. The van der Waals surface area contributed by atoms with Crippen molar-refractivity contribution >= 4 is 0 Å². The number of hydrogen-bond donors (Lipinski definition) is 1. The average molecular weight is 58.1 g/mol. The smallest absolute Gasteiger partial charge is 0.183 e. The summed E-state index contributed by atoms with van der Waals surface area (Å²) >= 11 is 0. The van der Waals surface area contributed by atoms with E-state index >= 15 is 0 Å². The first-order valence-corrected chi connectivity index (χ1v) is 0.793. The predicted molar refractivity (Wildman–Crippen MR) is 14.1 cm³/mol. The molecule has 0 heterocycles. The largest absolute Gasteiger partial charge is 0.408 e. The Morgan fingerprint density at radius 3 is 2.25 bits per heavy atom. The Kier molecular flexibility index (Phi) is 2.19. The summed E-state index contributed by atoms with van der Waals surface area (Å²) < 4.78 is 0. The van der Waals surface area contributed by atoms with Crippen LogP contribution in [0.15, 0.2) is 6.58 Å². The van der Waals surface area contributed by atoms with Gasteiger partial charge in [-0.1, -0.05) is 6.58 Å². The lowest BCUT2D eigenvalue weighted by atomic mass is 11.2. The molecule has 2 nitrogen and oxygen atoms in total. The van der Waals surface area contributed by atoms with Gasteiger partial charge in [0, 0.05) is 0 Å². The van der Waals surface area contributed by atoms with Crippen molar-refractivity contribution in [3.05, 3.63) is 12.8 Å². The Labute approximate surface area is 24.8 Å². The Balaban J connectivity index is 2.30. The summed E-state index contributed by atoms with van der Waals surface area (Å²) in [5.74, 6) is 4.35. The zero-order valence-corrected chi connectivity index (χ0v) is 2.19. The molecule has 2 N–H and O–H groups in total. The average Bonchev–Trinajstić information content (AvgIpc) is 1.37. The van der Waals surface area contributed by atoms with Crippen LogP contribution in [-0.4, -0.2) is 0 Å². The van der Waals surface area contributed by atoms with Crippen LogP contribution in [0.5, 0.6) is 0 Å². The quantitative estimate of drug-likeness (QED) is 0.335. The molecule has 0 bridgehead atoms. The van der Waals surface area contributed by atoms with Crippen LogP contribution in [0.2, 0.25) is 0 Å². The van der Waals surface area contributed by atoms with E-state index in [2.05, 4.69) is 17.3 Å². The molecule has 1 radical (unpaired) electrons. The van der Waals surface area contributed by atoms with E-state index in [1.807, 2.05) is 6.26 Å². The van der Waals surface area contributed by atoms with E-state index in [-0.39, 0.29) is 0 Å². The summed E-state index contributed by atoms with van der Waals surface area (Å²) in [6.45, 7) is 3.01. The SMILES string of the molecule is C=[C]ON. The maximum absolute atomic E-state index is 4.35. The molecule has 0 aromatic heterocycles. The first-order chi connectivity index (χ1) is 1.91. The molecular formula is C2H4NO. The monoisotopic (exact) mass is 58.0 g/mol. The van der Waals surface area contributed by atoms with Crippen molar-refractivity contribution in [1.82, 2.24) is 0 Å². The highest BCUT2D eigenvalue weighted by atomic mass is 16.6. The number of rotatable bonds is 1. The van der Waals surface area contributed by atoms with Crippen LogP contribution in [0.1, 0.15) is 0 Å². The second-order valence-electron chi connectivity index (χ2n) is 0.262. The molecule has 0 rings (SSSR count). The minimum Gasteiger partial charge on any atom is -0.408 e. The van der Waals surface area contributed by atoms with Gasteiger partial charge in [-0.15, -0.1) is 0 Å². The third kappa shape index (κ3) is 1.50. The van der Waals surface area contributed by atoms with Crippen LogP contribution in [0.3, 0.4) is 0 Å². The summed E-state index contributed by atoms with van der Waals surface area (Å²) in [7, 11) is 0. The molecule has 0 aromatic carbocycles. The Hall–Kier alpha value is -0.500. The van der Waals surface area contributed by atoms with Crippen LogP contribution < -0.4 is 5.90 Å². The highest BCUT2D eigenvalue weighted by Crippen LogP contribution is 1.41. The Bertz CT molecular complexity index is 20.0. The van der Waals surface area contributed by atoms with Gasteiger partial charge in [0.1, 0.15) is 0 Å². The fourth-order valence-corrected chi connectivity index (χ4v) is 0. The van der Waals surface area contributed by atoms with Crippen molar-refractivity contribution in [3.63, 3.8) is 0 Å². The molecule has 0 aliphatic heterocycles. The van der Waals surface area contributed by atoms with E-state index < -0.39 is 0 Å². The molecule has 0 spiro atoms. The van der Waals surface area contributed by atoms with E-state index in [4.69, 9.17) is 0 Å². The molecule has 0 aliphatic rings. The van der Waals surface area contributed by atoms with Crippen molar-refractivity contribution in [1.29, 1.82) is 0 Å². The van der Waals surface area contributed by atoms with E-state index in [0.717, 1.165) is 0 Å². The predicted octanol–water partition coefficient (Wildman–Crippen LogP) is -0.177. The summed E-state index contributed by atoms with van der Waals surface area (Å²) in [4.78, 5) is 3.68. The summed E-state index contributed by atoms with van der Waals surface area (Å²) in [6, 6.07) is 0. The molecule has 0 aliphatic carbocycles. The molecule has 0 amide bonds. The Morgan fingerprint density at radius 1 is 2.00 bits per heavy atom. The van der Waals surface area contributed by atoms with Crippen molar-refractivity contribution in [2.45, 2.75) is 0 Å². The minimum absolute atomic E-state index is 1.96. The highest BCUT2D eigenvalue weighted by Gasteiger charge is 1.39. The summed E-state index contributed by atoms with van der Waals surface area (Å²) in [6.07, 6.45) is 1.96. The van der Waals surface area contributed by atoms with Gasteiger partial charge in [-0.3, -0.25) is 0 Å². The first-order valence-electron chi connectivity index (χ1n) is 0.793. The van der Waals surface area contributed by atoms with Crippen molar-refractivity contribution in [2.24, 2.45) is 5.90 Å². The maximum Gasteiger partial charge on any atom is 0.183 e. The molecule has 0 atom stereocenters. The molecule has 0 saturated carbocycles. The van der Waals surface area contributed by atoms with E-state index in [1.165, 1.54) is 0 Å². The van der Waals surface area contributed by atoms with Gasteiger partial charge in [0.2, 0.25) is 0 Å². The van der Waals surface area contributed by atoms with Gasteiger partial charge in [-0.25, -0.2) is 0 Å². The standard InChI is InChI=1S/C2H4NO/c1-2-4-3/h1,3H2. The van der Waals surface area contributed by atoms with E-state index in [0.29, 0.717) is 0 Å². The summed E-state index contributed by atoms with van der Waals surface area (Å²) in [5, 5.41) is 0. The number of hydrogen-bond acceptors (Lipinski definition) is 2.